The third-order valence-corrected chi connectivity index (χ3v) is 3.17. The Morgan fingerprint density at radius 3 is 2.54 bits per heavy atom. The van der Waals surface area contributed by atoms with Gasteiger partial charge >= 0.3 is 18.1 Å². The maximum Gasteiger partial charge on any atom is 0.511 e. The number of aliphatic hydroxyl groups is 2. The van der Waals surface area contributed by atoms with Crippen molar-refractivity contribution in [3.63, 3.8) is 0 Å². The van der Waals surface area contributed by atoms with E-state index >= 15 is 0 Å². The zero-order chi connectivity index (χ0) is 18.3. The summed E-state index contributed by atoms with van der Waals surface area (Å²) in [7, 11) is 0. The Hall–Kier alpha value is -2.37. The molecule has 0 aromatic heterocycles. The molecule has 3 atom stereocenters. The van der Waals surface area contributed by atoms with E-state index in [1.807, 2.05) is 0 Å². The number of aliphatic hydroxyl groups excluding tert-OH is 2. The molecule has 0 saturated carbocycles. The van der Waals surface area contributed by atoms with Crippen LogP contribution >= 0.6 is 0 Å². The Bertz CT molecular complexity index is 520. The van der Waals surface area contributed by atoms with Gasteiger partial charge in [-0.1, -0.05) is 6.42 Å². The number of unbranched alkanes of at least 4 members (excludes halogenated alkanes) is 1. The average molecular weight is 348 g/mol. The highest BCUT2D eigenvalue weighted by molar-refractivity contribution is 5.89. The van der Waals surface area contributed by atoms with E-state index in [1.54, 1.807) is 0 Å². The van der Waals surface area contributed by atoms with Gasteiger partial charge in [0.2, 0.25) is 17.6 Å². The van der Waals surface area contributed by atoms with Gasteiger partial charge in [0.25, 0.3) is 0 Å². The summed E-state index contributed by atoms with van der Waals surface area (Å²) >= 11 is 0. The molecular weight excluding hydrogens is 328 g/mol. The zero-order valence-electron chi connectivity index (χ0n) is 12.7. The predicted molar refractivity (Wildman–Crippen MR) is 76.5 cm³/mol. The Labute approximate surface area is 136 Å². The van der Waals surface area contributed by atoms with Crippen LogP contribution in [0.15, 0.2) is 11.5 Å². The molecule has 0 fully saturated rings. The van der Waals surface area contributed by atoms with E-state index in [4.69, 9.17) is 21.3 Å². The number of ether oxygens (including phenoxy) is 3. The largest absolute Gasteiger partial charge is 0.511 e. The zero-order valence-corrected chi connectivity index (χ0v) is 12.7. The maximum atomic E-state index is 11.9. The van der Waals surface area contributed by atoms with Gasteiger partial charge in [-0.05, 0) is 19.4 Å². The van der Waals surface area contributed by atoms with E-state index < -0.39 is 54.5 Å². The fourth-order valence-electron chi connectivity index (χ4n) is 1.96. The van der Waals surface area contributed by atoms with Crippen LogP contribution in [-0.2, 0) is 23.8 Å². The summed E-state index contributed by atoms with van der Waals surface area (Å²) in [4.78, 5) is 33.8. The number of hydrogen-bond acceptors (Lipinski definition) is 10. The lowest BCUT2D eigenvalue weighted by Crippen LogP contribution is -2.42. The molecular formula is C13H20N2O9. The highest BCUT2D eigenvalue weighted by atomic mass is 16.7. The van der Waals surface area contributed by atoms with Crippen molar-refractivity contribution in [3.05, 3.63) is 11.5 Å². The molecule has 0 aliphatic carbocycles. The monoisotopic (exact) mass is 348 g/mol. The minimum Gasteiger partial charge on any atom is -0.499 e. The quantitative estimate of drug-likeness (QED) is 0.190. The molecule has 0 unspecified atom stereocenters. The van der Waals surface area contributed by atoms with Crippen LogP contribution in [-0.4, -0.2) is 64.8 Å². The smallest absolute Gasteiger partial charge is 0.499 e. The number of carbonyl (C=O) groups excluding carboxylic acids is 2. The summed E-state index contributed by atoms with van der Waals surface area (Å²) in [6.07, 6.45) is -3.36. The van der Waals surface area contributed by atoms with Gasteiger partial charge in [0.05, 0.1) is 6.61 Å². The molecule has 1 rings (SSSR count). The first-order valence-electron chi connectivity index (χ1n) is 7.13. The molecule has 0 aromatic rings. The minimum absolute atomic E-state index is 0.290. The number of carboxylic acid groups (broad SMARTS) is 1. The molecule has 0 aromatic carbocycles. The van der Waals surface area contributed by atoms with E-state index in [2.05, 4.69) is 9.47 Å². The normalized spacial score (nSPS) is 19.6. The molecule has 0 spiro atoms. The Kier molecular flexibility index (Phi) is 7.42. The number of carbonyl (C=O) groups is 3. The number of rotatable bonds is 9. The number of nitrogens with two attached hydrogens (primary N) is 2. The lowest BCUT2D eigenvalue weighted by atomic mass is 10.1. The third-order valence-electron chi connectivity index (χ3n) is 3.17. The van der Waals surface area contributed by atoms with E-state index in [1.165, 1.54) is 0 Å². The van der Waals surface area contributed by atoms with Crippen LogP contribution in [0.2, 0.25) is 0 Å². The van der Waals surface area contributed by atoms with Gasteiger partial charge in [0.1, 0.15) is 6.04 Å². The van der Waals surface area contributed by atoms with Crippen molar-refractivity contribution < 1.29 is 43.9 Å². The second-order valence-corrected chi connectivity index (χ2v) is 4.96. The van der Waals surface area contributed by atoms with Crippen molar-refractivity contribution in [2.45, 2.75) is 37.5 Å². The lowest BCUT2D eigenvalue weighted by molar-refractivity contribution is -0.166. The summed E-state index contributed by atoms with van der Waals surface area (Å²) in [5.41, 5.74) is 11.0. The first-order chi connectivity index (χ1) is 11.3. The van der Waals surface area contributed by atoms with Crippen LogP contribution in [0.3, 0.4) is 0 Å². The van der Waals surface area contributed by atoms with Crippen molar-refractivity contribution in [1.29, 1.82) is 0 Å². The average Bonchev–Trinajstić information content (AvgIpc) is 2.80. The van der Waals surface area contributed by atoms with E-state index in [0.717, 1.165) is 0 Å². The summed E-state index contributed by atoms with van der Waals surface area (Å²) in [6, 6.07) is -0.996. The first-order valence-corrected chi connectivity index (χ1v) is 7.13. The fraction of sp³-hybridized carbons (Fsp3) is 0.615. The number of cyclic esters (lactones) is 1. The summed E-state index contributed by atoms with van der Waals surface area (Å²) in [5, 5.41) is 27.4. The van der Waals surface area contributed by atoms with Crippen molar-refractivity contribution in [2.24, 2.45) is 11.5 Å². The highest BCUT2D eigenvalue weighted by Crippen LogP contribution is 2.26. The summed E-state index contributed by atoms with van der Waals surface area (Å²) < 4.78 is 13.9. The Morgan fingerprint density at radius 1 is 1.33 bits per heavy atom. The van der Waals surface area contributed by atoms with Gasteiger partial charge in [-0.2, -0.15) is 0 Å². The third kappa shape index (κ3) is 5.08. The second kappa shape index (κ2) is 9.05. The topological polar surface area (TPSA) is 192 Å². The van der Waals surface area contributed by atoms with Gasteiger partial charge in [-0.25, -0.2) is 9.59 Å². The second-order valence-electron chi connectivity index (χ2n) is 4.96. The molecule has 11 heteroatoms. The van der Waals surface area contributed by atoms with Crippen LogP contribution in [0.5, 0.6) is 0 Å². The van der Waals surface area contributed by atoms with Gasteiger partial charge < -0.3 is 41.0 Å². The van der Waals surface area contributed by atoms with Gasteiger partial charge in [0, 0.05) is 0 Å². The molecule has 1 heterocycles. The minimum atomic E-state index is -1.82. The number of hydrogen-bond donors (Lipinski definition) is 5. The fourth-order valence-corrected chi connectivity index (χ4v) is 1.96. The molecule has 7 N–H and O–H groups in total. The lowest BCUT2D eigenvalue weighted by Gasteiger charge is -2.23. The highest BCUT2D eigenvalue weighted by Gasteiger charge is 2.44. The molecule has 136 valence electrons. The van der Waals surface area contributed by atoms with Crippen molar-refractivity contribution in [3.8, 4) is 0 Å². The molecule has 1 aliphatic heterocycles. The van der Waals surface area contributed by atoms with Crippen LogP contribution in [0.25, 0.3) is 0 Å². The van der Waals surface area contributed by atoms with Gasteiger partial charge in [0.15, 0.2) is 6.10 Å². The standard InChI is InChI=1S/C13H20N2O9/c14-4-2-1-3-6(15)11(18)22-7(5-16)9-10(24-13(20)21)8(17)12(19)23-9/h6-7,9,16-17H,1-5,14-15H2,(H,20,21)/t6-,7-,9+/m0/s1. The number of esters is 2. The van der Waals surface area contributed by atoms with Crippen LogP contribution < -0.4 is 11.5 Å². The SMILES string of the molecule is NCCCC[C@H](N)C(=O)O[C@@H](CO)[C@H]1OC(=O)C(O)=C1OC(=O)O. The van der Waals surface area contributed by atoms with Gasteiger partial charge in [-0.3, -0.25) is 4.79 Å². The van der Waals surface area contributed by atoms with Gasteiger partial charge in [-0.15, -0.1) is 0 Å². The molecule has 0 radical (unpaired) electrons. The molecule has 0 saturated heterocycles. The Balaban J connectivity index is 2.76. The van der Waals surface area contributed by atoms with E-state index in [-0.39, 0.29) is 6.42 Å². The van der Waals surface area contributed by atoms with E-state index in [9.17, 15) is 24.6 Å². The molecule has 24 heavy (non-hydrogen) atoms. The van der Waals surface area contributed by atoms with Crippen molar-refractivity contribution in [1.82, 2.24) is 0 Å². The summed E-state index contributed by atoms with van der Waals surface area (Å²) in [5.74, 6) is -4.00. The van der Waals surface area contributed by atoms with Crippen molar-refractivity contribution >= 4 is 18.1 Å². The van der Waals surface area contributed by atoms with E-state index in [0.29, 0.717) is 19.4 Å². The molecule has 11 nitrogen and oxygen atoms in total. The predicted octanol–water partition coefficient (Wildman–Crippen LogP) is -1.26. The summed E-state index contributed by atoms with van der Waals surface area (Å²) in [6.45, 7) is -0.377. The van der Waals surface area contributed by atoms with Crippen LogP contribution in [0, 0.1) is 0 Å². The molecule has 0 amide bonds. The molecule has 0 bridgehead atoms. The maximum absolute atomic E-state index is 11.9. The Morgan fingerprint density at radius 2 is 2.00 bits per heavy atom. The molecule has 1 aliphatic rings. The van der Waals surface area contributed by atoms with Crippen LogP contribution in [0.1, 0.15) is 19.3 Å². The van der Waals surface area contributed by atoms with Crippen molar-refractivity contribution in [2.75, 3.05) is 13.2 Å². The van der Waals surface area contributed by atoms with Crippen LogP contribution in [0.4, 0.5) is 4.79 Å². The first kappa shape index (κ1) is 19.7.